The highest BCUT2D eigenvalue weighted by Crippen LogP contribution is 2.14. The Bertz CT molecular complexity index is 317. The van der Waals surface area contributed by atoms with E-state index in [0.717, 1.165) is 38.8 Å². The Balaban J connectivity index is 0.000000465. The number of rotatable bonds is 0. The Morgan fingerprint density at radius 1 is 1.18 bits per heavy atom. The highest BCUT2D eigenvalue weighted by Gasteiger charge is 2.26. The van der Waals surface area contributed by atoms with Crippen LogP contribution >= 0.6 is 12.4 Å². The number of nitrogens with one attached hydrogen (secondary N) is 1. The first-order valence-corrected chi connectivity index (χ1v) is 7.82. The molecule has 0 bridgehead atoms. The molecule has 2 rings (SSSR count). The SMILES string of the molecule is CC(C)(C)OC(=O)N1CCC[C@H](O)C1.Cl.O[C@H]1CCCNC1. The van der Waals surface area contributed by atoms with E-state index in [9.17, 15) is 9.90 Å². The molecular weight excluding hydrogens is 308 g/mol. The second-order valence-electron chi connectivity index (χ2n) is 6.72. The van der Waals surface area contributed by atoms with Crippen molar-refractivity contribution >= 4 is 18.5 Å². The molecule has 6 nitrogen and oxygen atoms in total. The number of β-amino-alcohol motifs (C(OH)–C–C–N with tert-alkyl or cyclic N) is 2. The minimum Gasteiger partial charge on any atom is -0.444 e. The van der Waals surface area contributed by atoms with Gasteiger partial charge in [0.05, 0.1) is 12.2 Å². The molecule has 0 aromatic carbocycles. The van der Waals surface area contributed by atoms with E-state index in [1.807, 2.05) is 20.8 Å². The normalized spacial score (nSPS) is 25.4. The van der Waals surface area contributed by atoms with Crippen molar-refractivity contribution in [1.29, 1.82) is 0 Å². The van der Waals surface area contributed by atoms with E-state index in [0.29, 0.717) is 13.1 Å². The molecule has 2 fully saturated rings. The van der Waals surface area contributed by atoms with E-state index >= 15 is 0 Å². The average molecular weight is 339 g/mol. The molecule has 7 heteroatoms. The van der Waals surface area contributed by atoms with Crippen LogP contribution in [0.15, 0.2) is 0 Å². The first kappa shape index (κ1) is 21.4. The van der Waals surface area contributed by atoms with Crippen LogP contribution in [-0.2, 0) is 4.74 Å². The number of hydrogen-bond donors (Lipinski definition) is 3. The van der Waals surface area contributed by atoms with Crippen LogP contribution in [0.5, 0.6) is 0 Å². The zero-order valence-corrected chi connectivity index (χ0v) is 14.7. The summed E-state index contributed by atoms with van der Waals surface area (Å²) in [5.74, 6) is 0. The molecule has 0 aliphatic carbocycles. The number of carbonyl (C=O) groups is 1. The molecule has 2 aliphatic rings. The van der Waals surface area contributed by atoms with Gasteiger partial charge in [-0.2, -0.15) is 0 Å². The monoisotopic (exact) mass is 338 g/mol. The summed E-state index contributed by atoms with van der Waals surface area (Å²) in [6.45, 7) is 8.47. The molecule has 0 aromatic heterocycles. The molecule has 22 heavy (non-hydrogen) atoms. The van der Waals surface area contributed by atoms with Crippen molar-refractivity contribution in [1.82, 2.24) is 10.2 Å². The Morgan fingerprint density at radius 2 is 1.82 bits per heavy atom. The molecule has 0 unspecified atom stereocenters. The summed E-state index contributed by atoms with van der Waals surface area (Å²) in [6, 6.07) is 0. The maximum atomic E-state index is 11.6. The maximum absolute atomic E-state index is 11.6. The van der Waals surface area contributed by atoms with Crippen LogP contribution in [0, 0.1) is 0 Å². The first-order chi connectivity index (χ1) is 9.78. The van der Waals surface area contributed by atoms with E-state index < -0.39 is 11.7 Å². The molecule has 2 saturated heterocycles. The number of likely N-dealkylation sites (tertiary alicyclic amines) is 1. The molecule has 0 aromatic rings. The largest absolute Gasteiger partial charge is 0.444 e. The molecule has 0 spiro atoms. The minimum absolute atomic E-state index is 0. The lowest BCUT2D eigenvalue weighted by atomic mass is 10.1. The second-order valence-corrected chi connectivity index (χ2v) is 6.72. The summed E-state index contributed by atoms with van der Waals surface area (Å²) in [7, 11) is 0. The fourth-order valence-corrected chi connectivity index (χ4v) is 2.28. The minimum atomic E-state index is -0.459. The number of ether oxygens (including phenoxy) is 1. The number of piperidine rings is 2. The number of amides is 1. The fourth-order valence-electron chi connectivity index (χ4n) is 2.28. The third kappa shape index (κ3) is 9.46. The highest BCUT2D eigenvalue weighted by molar-refractivity contribution is 5.85. The van der Waals surface area contributed by atoms with Crippen LogP contribution in [0.2, 0.25) is 0 Å². The van der Waals surface area contributed by atoms with Gasteiger partial charge in [0.1, 0.15) is 5.60 Å². The van der Waals surface area contributed by atoms with Crippen LogP contribution in [0.25, 0.3) is 0 Å². The Morgan fingerprint density at radius 3 is 2.23 bits per heavy atom. The van der Waals surface area contributed by atoms with Gasteiger partial charge in [-0.25, -0.2) is 4.79 Å². The van der Waals surface area contributed by atoms with Gasteiger partial charge in [-0.15, -0.1) is 12.4 Å². The van der Waals surface area contributed by atoms with Gasteiger partial charge in [0.2, 0.25) is 0 Å². The van der Waals surface area contributed by atoms with Crippen molar-refractivity contribution in [3.05, 3.63) is 0 Å². The van der Waals surface area contributed by atoms with Crippen molar-refractivity contribution in [2.24, 2.45) is 0 Å². The van der Waals surface area contributed by atoms with Gasteiger partial charge in [0.15, 0.2) is 0 Å². The van der Waals surface area contributed by atoms with E-state index in [-0.39, 0.29) is 24.6 Å². The topological polar surface area (TPSA) is 82.0 Å². The molecule has 132 valence electrons. The van der Waals surface area contributed by atoms with Crippen LogP contribution in [0.1, 0.15) is 46.5 Å². The summed E-state index contributed by atoms with van der Waals surface area (Å²) in [5.41, 5.74) is -0.459. The highest BCUT2D eigenvalue weighted by atomic mass is 35.5. The van der Waals surface area contributed by atoms with Crippen LogP contribution in [0.3, 0.4) is 0 Å². The predicted octanol–water partition coefficient (Wildman–Crippen LogP) is 1.53. The Labute approximate surface area is 139 Å². The van der Waals surface area contributed by atoms with Crippen molar-refractivity contribution in [3.63, 3.8) is 0 Å². The molecule has 2 aliphatic heterocycles. The zero-order valence-electron chi connectivity index (χ0n) is 13.9. The van der Waals surface area contributed by atoms with E-state index in [1.165, 1.54) is 0 Å². The van der Waals surface area contributed by atoms with Gasteiger partial charge >= 0.3 is 6.09 Å². The third-order valence-corrected chi connectivity index (χ3v) is 3.32. The quantitative estimate of drug-likeness (QED) is 0.624. The molecule has 2 heterocycles. The smallest absolute Gasteiger partial charge is 0.410 e. The van der Waals surface area contributed by atoms with Gasteiger partial charge in [0.25, 0.3) is 0 Å². The lowest BCUT2D eigenvalue weighted by molar-refractivity contribution is 0.00391. The molecule has 1 amide bonds. The standard InChI is InChI=1S/C10H19NO3.C5H11NO.ClH/c1-10(2,3)14-9(13)11-6-4-5-8(12)7-11;7-5-2-1-3-6-4-5;/h8,12H,4-7H2,1-3H3;5-7H,1-4H2;1H/t8-;5-;/m00./s1. The number of hydrogen-bond acceptors (Lipinski definition) is 5. The molecule has 0 saturated carbocycles. The van der Waals surface area contributed by atoms with Gasteiger partial charge in [-0.1, -0.05) is 0 Å². The van der Waals surface area contributed by atoms with Crippen molar-refractivity contribution in [2.45, 2.75) is 64.3 Å². The van der Waals surface area contributed by atoms with Gasteiger partial charge < -0.3 is 25.2 Å². The molecular formula is C15H31ClN2O4. The lowest BCUT2D eigenvalue weighted by Gasteiger charge is -2.32. The fraction of sp³-hybridized carbons (Fsp3) is 0.933. The van der Waals surface area contributed by atoms with Crippen LogP contribution < -0.4 is 5.32 Å². The zero-order chi connectivity index (χ0) is 15.9. The lowest BCUT2D eigenvalue weighted by Crippen LogP contribution is -2.44. The van der Waals surface area contributed by atoms with Crippen molar-refractivity contribution in [3.8, 4) is 0 Å². The molecule has 2 atom stereocenters. The van der Waals surface area contributed by atoms with Crippen molar-refractivity contribution < 1.29 is 19.7 Å². The number of halogens is 1. The maximum Gasteiger partial charge on any atom is 0.410 e. The Hall–Kier alpha value is -0.560. The number of aliphatic hydroxyl groups excluding tert-OH is 2. The molecule has 0 radical (unpaired) electrons. The summed E-state index contributed by atoms with van der Waals surface area (Å²) in [6.07, 6.45) is 2.94. The first-order valence-electron chi connectivity index (χ1n) is 7.82. The number of nitrogens with zero attached hydrogens (tertiary/aromatic N) is 1. The third-order valence-electron chi connectivity index (χ3n) is 3.32. The van der Waals surface area contributed by atoms with Gasteiger partial charge in [-0.05, 0) is 53.0 Å². The summed E-state index contributed by atoms with van der Waals surface area (Å²) in [4.78, 5) is 13.1. The average Bonchev–Trinajstić information content (AvgIpc) is 2.38. The number of aliphatic hydroxyl groups is 2. The van der Waals surface area contributed by atoms with Crippen LogP contribution in [0.4, 0.5) is 4.79 Å². The summed E-state index contributed by atoms with van der Waals surface area (Å²) in [5, 5.41) is 21.3. The number of carbonyl (C=O) groups excluding carboxylic acids is 1. The van der Waals surface area contributed by atoms with E-state index in [2.05, 4.69) is 5.32 Å². The van der Waals surface area contributed by atoms with E-state index in [4.69, 9.17) is 9.84 Å². The predicted molar refractivity (Wildman–Crippen MR) is 88.4 cm³/mol. The van der Waals surface area contributed by atoms with Crippen molar-refractivity contribution in [2.75, 3.05) is 26.2 Å². The summed E-state index contributed by atoms with van der Waals surface area (Å²) >= 11 is 0. The second kappa shape index (κ2) is 10.3. The van der Waals surface area contributed by atoms with Crippen LogP contribution in [-0.4, -0.2) is 65.2 Å². The van der Waals surface area contributed by atoms with Gasteiger partial charge in [0, 0.05) is 19.6 Å². The van der Waals surface area contributed by atoms with Gasteiger partial charge in [-0.3, -0.25) is 0 Å². The van der Waals surface area contributed by atoms with E-state index in [1.54, 1.807) is 4.90 Å². The summed E-state index contributed by atoms with van der Waals surface area (Å²) < 4.78 is 5.20. The Kier molecular flexibility index (Phi) is 10.00. The molecule has 3 N–H and O–H groups in total.